The molecule has 1 N–H and O–H groups in total. The Morgan fingerprint density at radius 3 is 2.43 bits per heavy atom. The summed E-state index contributed by atoms with van der Waals surface area (Å²) in [5.74, 6) is 2.64. The molecule has 0 spiro atoms. The van der Waals surface area contributed by atoms with Gasteiger partial charge in [0.05, 0.1) is 6.54 Å². The van der Waals surface area contributed by atoms with E-state index >= 15 is 0 Å². The molecule has 0 radical (unpaired) electrons. The molecule has 108 valence electrons. The fraction of sp³-hybridized carbons (Fsp3) is 0.235. The largest absolute Gasteiger partial charge is 0.464 e. The van der Waals surface area contributed by atoms with Gasteiger partial charge >= 0.3 is 0 Å². The summed E-state index contributed by atoms with van der Waals surface area (Å²) in [6, 6.07) is 12.1. The number of anilines is 1. The first kappa shape index (κ1) is 13.5. The Hall–Kier alpha value is -2.49. The van der Waals surface area contributed by atoms with Gasteiger partial charge in [-0.2, -0.15) is 0 Å². The summed E-state index contributed by atoms with van der Waals surface area (Å²) in [4.78, 5) is 4.31. The quantitative estimate of drug-likeness (QED) is 0.752. The van der Waals surface area contributed by atoms with Crippen LogP contribution < -0.4 is 5.32 Å². The molecule has 4 nitrogen and oxygen atoms in total. The van der Waals surface area contributed by atoms with Crippen molar-refractivity contribution in [2.75, 3.05) is 5.32 Å². The highest BCUT2D eigenvalue weighted by Crippen LogP contribution is 2.21. The van der Waals surface area contributed by atoms with E-state index in [1.54, 1.807) is 6.26 Å². The zero-order valence-electron chi connectivity index (χ0n) is 12.2. The van der Waals surface area contributed by atoms with Gasteiger partial charge in [-0.3, -0.25) is 0 Å². The van der Waals surface area contributed by atoms with Crippen LogP contribution in [0.2, 0.25) is 0 Å². The number of oxazole rings is 1. The van der Waals surface area contributed by atoms with Crippen molar-refractivity contribution in [3.63, 3.8) is 0 Å². The Morgan fingerprint density at radius 2 is 1.81 bits per heavy atom. The fourth-order valence-corrected chi connectivity index (χ4v) is 2.15. The molecule has 0 aliphatic rings. The van der Waals surface area contributed by atoms with E-state index in [9.17, 15) is 0 Å². The first-order chi connectivity index (χ1) is 10.2. The third-order valence-electron chi connectivity index (χ3n) is 3.33. The van der Waals surface area contributed by atoms with Crippen LogP contribution in [0.25, 0.3) is 11.3 Å². The summed E-state index contributed by atoms with van der Waals surface area (Å²) in [5, 5.41) is 3.34. The van der Waals surface area contributed by atoms with Crippen molar-refractivity contribution in [1.82, 2.24) is 4.98 Å². The van der Waals surface area contributed by atoms with Crippen molar-refractivity contribution in [3.05, 3.63) is 60.1 Å². The van der Waals surface area contributed by atoms with Gasteiger partial charge in [0, 0.05) is 24.6 Å². The van der Waals surface area contributed by atoms with Gasteiger partial charge < -0.3 is 14.2 Å². The average molecular weight is 282 g/mol. The molecule has 0 saturated carbocycles. The summed E-state index contributed by atoms with van der Waals surface area (Å²) in [6.45, 7) is 4.61. The van der Waals surface area contributed by atoms with Crippen molar-refractivity contribution in [2.45, 2.75) is 26.8 Å². The van der Waals surface area contributed by atoms with Gasteiger partial charge in [-0.25, -0.2) is 4.98 Å². The van der Waals surface area contributed by atoms with E-state index in [1.165, 1.54) is 0 Å². The normalized spacial score (nSPS) is 10.8. The lowest BCUT2D eigenvalue weighted by atomic mass is 10.1. The van der Waals surface area contributed by atoms with Crippen LogP contribution in [0.4, 0.5) is 5.69 Å². The van der Waals surface area contributed by atoms with Crippen molar-refractivity contribution < 1.29 is 8.83 Å². The van der Waals surface area contributed by atoms with Gasteiger partial charge in [-0.1, -0.05) is 19.1 Å². The van der Waals surface area contributed by atoms with Crippen molar-refractivity contribution in [3.8, 4) is 11.3 Å². The van der Waals surface area contributed by atoms with Crippen LogP contribution >= 0.6 is 0 Å². The van der Waals surface area contributed by atoms with Gasteiger partial charge in [0.2, 0.25) is 0 Å². The third kappa shape index (κ3) is 3.16. The standard InChI is InChI=1S/C17H18N2O2/c1-3-15-8-9-16(21-15)10-18-14-6-4-13(5-7-14)17-11-20-12(2)19-17/h4-9,11,18H,3,10H2,1-2H3. The van der Waals surface area contributed by atoms with E-state index < -0.39 is 0 Å². The van der Waals surface area contributed by atoms with Gasteiger partial charge in [0.15, 0.2) is 5.89 Å². The molecular formula is C17H18N2O2. The number of hydrogen-bond acceptors (Lipinski definition) is 4. The van der Waals surface area contributed by atoms with Crippen LogP contribution in [0.3, 0.4) is 0 Å². The molecule has 4 heteroatoms. The highest BCUT2D eigenvalue weighted by atomic mass is 16.3. The van der Waals surface area contributed by atoms with E-state index in [1.807, 2.05) is 43.3 Å². The second kappa shape index (κ2) is 5.87. The lowest BCUT2D eigenvalue weighted by molar-refractivity contribution is 0.476. The van der Waals surface area contributed by atoms with E-state index in [4.69, 9.17) is 8.83 Å². The molecule has 3 aromatic rings. The number of furan rings is 1. The Labute approximate surface area is 123 Å². The molecule has 0 saturated heterocycles. The molecular weight excluding hydrogens is 264 g/mol. The molecule has 21 heavy (non-hydrogen) atoms. The lowest BCUT2D eigenvalue weighted by Crippen LogP contribution is -1.97. The molecule has 1 aromatic carbocycles. The number of hydrogen-bond donors (Lipinski definition) is 1. The number of aromatic nitrogens is 1. The monoisotopic (exact) mass is 282 g/mol. The maximum atomic E-state index is 5.67. The Morgan fingerprint density at radius 1 is 1.05 bits per heavy atom. The fourth-order valence-electron chi connectivity index (χ4n) is 2.15. The van der Waals surface area contributed by atoms with E-state index in [-0.39, 0.29) is 0 Å². The molecule has 0 aliphatic carbocycles. The zero-order chi connectivity index (χ0) is 14.7. The second-order valence-electron chi connectivity index (χ2n) is 4.90. The number of nitrogens with one attached hydrogen (secondary N) is 1. The Bertz CT molecular complexity index is 710. The zero-order valence-corrected chi connectivity index (χ0v) is 12.2. The van der Waals surface area contributed by atoms with Crippen LogP contribution in [0.1, 0.15) is 24.3 Å². The van der Waals surface area contributed by atoms with E-state index in [0.717, 1.165) is 34.9 Å². The first-order valence-electron chi connectivity index (χ1n) is 7.08. The second-order valence-corrected chi connectivity index (χ2v) is 4.90. The summed E-state index contributed by atoms with van der Waals surface area (Å²) in [6.07, 6.45) is 2.60. The summed E-state index contributed by atoms with van der Waals surface area (Å²) in [5.41, 5.74) is 2.95. The number of nitrogens with zero attached hydrogens (tertiary/aromatic N) is 1. The molecule has 0 unspecified atom stereocenters. The van der Waals surface area contributed by atoms with Gasteiger partial charge in [-0.05, 0) is 24.3 Å². The van der Waals surface area contributed by atoms with Crippen LogP contribution in [0.5, 0.6) is 0 Å². The van der Waals surface area contributed by atoms with Crippen LogP contribution in [-0.4, -0.2) is 4.98 Å². The third-order valence-corrected chi connectivity index (χ3v) is 3.33. The molecule has 0 fully saturated rings. The maximum absolute atomic E-state index is 5.67. The van der Waals surface area contributed by atoms with Crippen LogP contribution in [0, 0.1) is 6.92 Å². The molecule has 2 aromatic heterocycles. The maximum Gasteiger partial charge on any atom is 0.191 e. The smallest absolute Gasteiger partial charge is 0.191 e. The summed E-state index contributed by atoms with van der Waals surface area (Å²) < 4.78 is 10.9. The van der Waals surface area contributed by atoms with Crippen molar-refractivity contribution in [1.29, 1.82) is 0 Å². The number of aryl methyl sites for hydroxylation is 2. The van der Waals surface area contributed by atoms with E-state index in [2.05, 4.69) is 17.2 Å². The van der Waals surface area contributed by atoms with Crippen LogP contribution in [0.15, 0.2) is 51.5 Å². The predicted octanol–water partition coefficient (Wildman–Crippen LogP) is 4.42. The SMILES string of the molecule is CCc1ccc(CNc2ccc(-c3coc(C)n3)cc2)o1. The Balaban J connectivity index is 1.64. The Kier molecular flexibility index (Phi) is 3.77. The molecule has 3 rings (SSSR count). The average Bonchev–Trinajstić information content (AvgIpc) is 3.14. The molecule has 0 aliphatic heterocycles. The molecule has 0 atom stereocenters. The minimum atomic E-state index is 0.678. The van der Waals surface area contributed by atoms with Gasteiger partial charge in [0.1, 0.15) is 23.5 Å². The van der Waals surface area contributed by atoms with Gasteiger partial charge in [-0.15, -0.1) is 0 Å². The van der Waals surface area contributed by atoms with Crippen molar-refractivity contribution >= 4 is 5.69 Å². The summed E-state index contributed by atoms with van der Waals surface area (Å²) >= 11 is 0. The number of benzene rings is 1. The topological polar surface area (TPSA) is 51.2 Å². The minimum Gasteiger partial charge on any atom is -0.464 e. The highest BCUT2D eigenvalue weighted by Gasteiger charge is 2.04. The molecule has 0 bridgehead atoms. The predicted molar refractivity (Wildman–Crippen MR) is 82.1 cm³/mol. The van der Waals surface area contributed by atoms with Crippen molar-refractivity contribution in [2.24, 2.45) is 0 Å². The lowest BCUT2D eigenvalue weighted by Gasteiger charge is -2.05. The summed E-state index contributed by atoms with van der Waals surface area (Å²) in [7, 11) is 0. The number of rotatable bonds is 5. The van der Waals surface area contributed by atoms with E-state index in [0.29, 0.717) is 12.4 Å². The highest BCUT2D eigenvalue weighted by molar-refractivity contribution is 5.61. The molecule has 0 amide bonds. The first-order valence-corrected chi connectivity index (χ1v) is 7.08. The van der Waals surface area contributed by atoms with Gasteiger partial charge in [0.25, 0.3) is 0 Å². The van der Waals surface area contributed by atoms with Crippen LogP contribution in [-0.2, 0) is 13.0 Å². The molecule has 2 heterocycles. The minimum absolute atomic E-state index is 0.678.